The third-order valence-corrected chi connectivity index (χ3v) is 4.16. The van der Waals surface area contributed by atoms with Crippen LogP contribution in [-0.2, 0) is 16.1 Å². The number of aromatic nitrogens is 2. The van der Waals surface area contributed by atoms with E-state index in [1.54, 1.807) is 6.07 Å². The minimum atomic E-state index is -0.649. The quantitative estimate of drug-likeness (QED) is 0.269. The number of benzene rings is 1. The van der Waals surface area contributed by atoms with Crippen molar-refractivity contribution in [1.29, 1.82) is 0 Å². The van der Waals surface area contributed by atoms with Crippen LogP contribution >= 0.6 is 22.9 Å². The Hall–Kier alpha value is -3.04. The molecule has 0 amide bonds. The Morgan fingerprint density at radius 3 is 3.00 bits per heavy atom. The van der Waals surface area contributed by atoms with Gasteiger partial charge in [-0.1, -0.05) is 22.8 Å². The van der Waals surface area contributed by atoms with Gasteiger partial charge < -0.3 is 9.26 Å². The van der Waals surface area contributed by atoms with Gasteiger partial charge in [0.2, 0.25) is 5.82 Å². The minimum absolute atomic E-state index is 0.0215. The zero-order chi connectivity index (χ0) is 18.5. The van der Waals surface area contributed by atoms with Crippen molar-refractivity contribution in [3.05, 3.63) is 67.6 Å². The van der Waals surface area contributed by atoms with E-state index in [4.69, 9.17) is 20.9 Å². The van der Waals surface area contributed by atoms with Crippen LogP contribution in [0.25, 0.3) is 17.5 Å². The molecule has 1 aromatic carbocycles. The molecule has 0 saturated heterocycles. The van der Waals surface area contributed by atoms with Crippen molar-refractivity contribution in [3.63, 3.8) is 0 Å². The van der Waals surface area contributed by atoms with Crippen LogP contribution in [0.1, 0.15) is 11.4 Å². The van der Waals surface area contributed by atoms with E-state index in [9.17, 15) is 14.9 Å². The second-order valence-electron chi connectivity index (χ2n) is 4.94. The van der Waals surface area contributed by atoms with Crippen LogP contribution in [0.2, 0.25) is 5.02 Å². The van der Waals surface area contributed by atoms with E-state index >= 15 is 0 Å². The molecule has 26 heavy (non-hydrogen) atoms. The Bertz CT molecular complexity index is 968. The number of ether oxygens (including phenoxy) is 1. The van der Waals surface area contributed by atoms with E-state index < -0.39 is 10.9 Å². The smallest absolute Gasteiger partial charge is 0.331 e. The average molecular weight is 392 g/mol. The summed E-state index contributed by atoms with van der Waals surface area (Å²) in [6.45, 7) is -0.155. The zero-order valence-electron chi connectivity index (χ0n) is 13.0. The molecule has 0 N–H and O–H groups in total. The maximum atomic E-state index is 11.8. The number of carbonyl (C=O) groups is 1. The van der Waals surface area contributed by atoms with Crippen LogP contribution < -0.4 is 0 Å². The Labute approximate surface area is 155 Å². The first-order valence-corrected chi connectivity index (χ1v) is 8.49. The fourth-order valence-electron chi connectivity index (χ4n) is 1.94. The molecule has 3 rings (SSSR count). The molecule has 0 aliphatic heterocycles. The highest BCUT2D eigenvalue weighted by atomic mass is 35.5. The highest BCUT2D eigenvalue weighted by Crippen LogP contribution is 2.25. The SMILES string of the molecule is O=C(/C=C/c1ccc(Cl)c([N+](=O)[O-])c1)OCc1noc(-c2ccsc2)n1. The summed E-state index contributed by atoms with van der Waals surface area (Å²) in [4.78, 5) is 26.1. The van der Waals surface area contributed by atoms with Gasteiger partial charge >= 0.3 is 5.97 Å². The van der Waals surface area contributed by atoms with Gasteiger partial charge in [-0.15, -0.1) is 0 Å². The molecule has 2 aromatic heterocycles. The highest BCUT2D eigenvalue weighted by molar-refractivity contribution is 7.08. The lowest BCUT2D eigenvalue weighted by Gasteiger charge is -1.98. The van der Waals surface area contributed by atoms with Crippen LogP contribution in [0.4, 0.5) is 5.69 Å². The fourth-order valence-corrected chi connectivity index (χ4v) is 2.75. The average Bonchev–Trinajstić information content (AvgIpc) is 3.30. The molecule has 0 saturated carbocycles. The lowest BCUT2D eigenvalue weighted by Crippen LogP contribution is -2.02. The van der Waals surface area contributed by atoms with Crippen LogP contribution in [0.15, 0.2) is 45.6 Å². The summed E-state index contributed by atoms with van der Waals surface area (Å²) < 4.78 is 10.1. The third kappa shape index (κ3) is 4.32. The molecule has 0 spiro atoms. The van der Waals surface area contributed by atoms with Gasteiger partial charge in [-0.2, -0.15) is 16.3 Å². The molecule has 0 fully saturated rings. The van der Waals surface area contributed by atoms with Gasteiger partial charge in [-0.3, -0.25) is 10.1 Å². The molecular weight excluding hydrogens is 382 g/mol. The molecule has 0 aliphatic rings. The van der Waals surface area contributed by atoms with Gasteiger partial charge in [0.05, 0.1) is 10.5 Å². The monoisotopic (exact) mass is 391 g/mol. The number of hydrogen-bond acceptors (Lipinski definition) is 8. The largest absolute Gasteiger partial charge is 0.454 e. The predicted octanol–water partition coefficient (Wildman–Crippen LogP) is 4.12. The van der Waals surface area contributed by atoms with E-state index in [2.05, 4.69) is 10.1 Å². The Kier molecular flexibility index (Phi) is 5.40. The fraction of sp³-hybridized carbons (Fsp3) is 0.0625. The molecule has 0 atom stereocenters. The lowest BCUT2D eigenvalue weighted by atomic mass is 10.2. The maximum absolute atomic E-state index is 11.8. The van der Waals surface area contributed by atoms with E-state index in [0.717, 1.165) is 11.6 Å². The first-order valence-electron chi connectivity index (χ1n) is 7.17. The number of thiophene rings is 1. The topological polar surface area (TPSA) is 108 Å². The van der Waals surface area contributed by atoms with Crippen molar-refractivity contribution >= 4 is 40.7 Å². The van der Waals surface area contributed by atoms with Gasteiger partial charge in [0.1, 0.15) is 5.02 Å². The lowest BCUT2D eigenvalue weighted by molar-refractivity contribution is -0.384. The number of nitro benzene ring substituents is 1. The van der Waals surface area contributed by atoms with Crippen LogP contribution in [0.3, 0.4) is 0 Å². The van der Waals surface area contributed by atoms with Gasteiger partial charge in [-0.25, -0.2) is 4.79 Å². The van der Waals surface area contributed by atoms with Gasteiger partial charge in [0.15, 0.2) is 6.61 Å². The van der Waals surface area contributed by atoms with Crippen molar-refractivity contribution in [2.45, 2.75) is 6.61 Å². The summed E-state index contributed by atoms with van der Waals surface area (Å²) in [6.07, 6.45) is 2.53. The second kappa shape index (κ2) is 7.89. The number of nitrogens with zero attached hydrogens (tertiary/aromatic N) is 3. The first-order chi connectivity index (χ1) is 12.5. The summed E-state index contributed by atoms with van der Waals surface area (Å²) >= 11 is 7.23. The molecule has 3 aromatic rings. The molecule has 0 bridgehead atoms. The van der Waals surface area contributed by atoms with E-state index in [0.29, 0.717) is 11.5 Å². The Balaban J connectivity index is 1.58. The summed E-state index contributed by atoms with van der Waals surface area (Å²) in [5.41, 5.74) is 0.997. The summed E-state index contributed by atoms with van der Waals surface area (Å²) in [5.74, 6) is -0.0686. The number of halogens is 1. The van der Waals surface area contributed by atoms with Crippen LogP contribution in [-0.4, -0.2) is 21.0 Å². The maximum Gasteiger partial charge on any atom is 0.331 e. The van der Waals surface area contributed by atoms with Crippen molar-refractivity contribution in [1.82, 2.24) is 10.1 Å². The number of carbonyl (C=O) groups excluding carboxylic acids is 1. The Morgan fingerprint density at radius 2 is 2.27 bits per heavy atom. The van der Waals surface area contributed by atoms with Crippen molar-refractivity contribution in [2.24, 2.45) is 0 Å². The number of nitro groups is 1. The predicted molar refractivity (Wildman–Crippen MR) is 94.5 cm³/mol. The molecule has 0 unspecified atom stereocenters. The first kappa shape index (κ1) is 17.8. The normalized spacial score (nSPS) is 11.0. The summed E-state index contributed by atoms with van der Waals surface area (Å²) in [7, 11) is 0. The summed E-state index contributed by atoms with van der Waals surface area (Å²) in [6, 6.07) is 6.03. The molecule has 132 valence electrons. The zero-order valence-corrected chi connectivity index (χ0v) is 14.6. The van der Waals surface area contributed by atoms with Crippen molar-refractivity contribution < 1.29 is 19.0 Å². The van der Waals surface area contributed by atoms with Gasteiger partial charge in [-0.05, 0) is 29.2 Å². The molecular formula is C16H10ClN3O5S. The van der Waals surface area contributed by atoms with Crippen LogP contribution in [0, 0.1) is 10.1 Å². The molecule has 0 radical (unpaired) electrons. The van der Waals surface area contributed by atoms with Crippen LogP contribution in [0.5, 0.6) is 0 Å². The molecule has 0 aliphatic carbocycles. The van der Waals surface area contributed by atoms with E-state index in [1.807, 2.05) is 16.8 Å². The number of rotatable bonds is 6. The third-order valence-electron chi connectivity index (χ3n) is 3.16. The van der Waals surface area contributed by atoms with Crippen molar-refractivity contribution in [3.8, 4) is 11.5 Å². The number of hydrogen-bond donors (Lipinski definition) is 0. The van der Waals surface area contributed by atoms with Gasteiger partial charge in [0, 0.05) is 17.5 Å². The number of esters is 1. The van der Waals surface area contributed by atoms with Crippen molar-refractivity contribution in [2.75, 3.05) is 0 Å². The van der Waals surface area contributed by atoms with E-state index in [1.165, 1.54) is 29.5 Å². The van der Waals surface area contributed by atoms with E-state index in [-0.39, 0.29) is 23.1 Å². The second-order valence-corrected chi connectivity index (χ2v) is 6.12. The summed E-state index contributed by atoms with van der Waals surface area (Å²) in [5, 5.41) is 18.3. The molecule has 2 heterocycles. The minimum Gasteiger partial charge on any atom is -0.454 e. The Morgan fingerprint density at radius 1 is 1.42 bits per heavy atom. The molecule has 8 nitrogen and oxygen atoms in total. The molecule has 10 heteroatoms. The van der Waals surface area contributed by atoms with Gasteiger partial charge in [0.25, 0.3) is 11.6 Å². The standard InChI is InChI=1S/C16H10ClN3O5S/c17-12-3-1-10(7-13(12)20(22)23)2-4-15(21)24-8-14-18-16(25-19-14)11-5-6-26-9-11/h1-7,9H,8H2/b4-2+. The highest BCUT2D eigenvalue weighted by Gasteiger charge is 2.12.